The number of nitriles is 1. The van der Waals surface area contributed by atoms with Crippen LogP contribution in [0, 0.1) is 11.3 Å². The maximum absolute atomic E-state index is 12.3. The Balaban J connectivity index is 1.45. The lowest BCUT2D eigenvalue weighted by Crippen LogP contribution is -2.16. The van der Waals surface area contributed by atoms with Crippen molar-refractivity contribution < 1.29 is 4.74 Å². The molecule has 0 saturated carbocycles. The van der Waals surface area contributed by atoms with Gasteiger partial charge in [0, 0.05) is 30.1 Å². The average molecular weight is 439 g/mol. The molecule has 0 atom stereocenters. The van der Waals surface area contributed by atoms with Gasteiger partial charge in [-0.25, -0.2) is 15.4 Å². The molecule has 0 radical (unpaired) electrons. The van der Waals surface area contributed by atoms with Crippen molar-refractivity contribution in [3.8, 4) is 23.1 Å². The number of ether oxygens (including phenoxy) is 1. The fourth-order valence-corrected chi connectivity index (χ4v) is 3.16. The summed E-state index contributed by atoms with van der Waals surface area (Å²) in [5.74, 6) is 0.827. The zero-order valence-electron chi connectivity index (χ0n) is 17.7. The second kappa shape index (κ2) is 10.5. The predicted molar refractivity (Wildman–Crippen MR) is 125 cm³/mol. The summed E-state index contributed by atoms with van der Waals surface area (Å²) in [4.78, 5) is 23.3. The largest absolute Gasteiger partial charge is 0.493 e. The SMILES string of the molecule is N#Cc1c(-c2ccccc2)nc(NN=Cc2ccccc2OCCCn2ccnc2)[nH]c1=O. The molecule has 2 aromatic heterocycles. The molecule has 9 heteroatoms. The van der Waals surface area contributed by atoms with Crippen LogP contribution in [0.4, 0.5) is 5.95 Å². The van der Waals surface area contributed by atoms with Gasteiger partial charge >= 0.3 is 0 Å². The lowest BCUT2D eigenvalue weighted by Gasteiger charge is -2.09. The molecule has 0 amide bonds. The predicted octanol–water partition coefficient (Wildman–Crippen LogP) is 3.42. The third-order valence-electron chi connectivity index (χ3n) is 4.75. The van der Waals surface area contributed by atoms with Crippen LogP contribution in [-0.2, 0) is 6.54 Å². The molecular weight excluding hydrogens is 418 g/mol. The van der Waals surface area contributed by atoms with Crippen LogP contribution < -0.4 is 15.7 Å². The van der Waals surface area contributed by atoms with Gasteiger partial charge < -0.3 is 9.30 Å². The van der Waals surface area contributed by atoms with Crippen LogP contribution in [0.1, 0.15) is 17.5 Å². The van der Waals surface area contributed by atoms with E-state index in [1.807, 2.05) is 59.3 Å². The quantitative estimate of drug-likeness (QED) is 0.234. The molecule has 2 heterocycles. The molecule has 4 rings (SSSR count). The Bertz CT molecular complexity index is 1320. The number of nitrogens with one attached hydrogen (secondary N) is 2. The molecule has 33 heavy (non-hydrogen) atoms. The van der Waals surface area contributed by atoms with Crippen molar-refractivity contribution in [3.63, 3.8) is 0 Å². The van der Waals surface area contributed by atoms with Gasteiger partial charge in [-0.15, -0.1) is 0 Å². The van der Waals surface area contributed by atoms with Crippen molar-refractivity contribution in [2.24, 2.45) is 5.10 Å². The van der Waals surface area contributed by atoms with Crippen LogP contribution in [-0.4, -0.2) is 32.3 Å². The Labute approximate surface area is 190 Å². The number of anilines is 1. The highest BCUT2D eigenvalue weighted by molar-refractivity contribution is 5.83. The highest BCUT2D eigenvalue weighted by Gasteiger charge is 2.12. The highest BCUT2D eigenvalue weighted by Crippen LogP contribution is 2.20. The first-order valence-corrected chi connectivity index (χ1v) is 10.3. The number of aromatic amines is 1. The lowest BCUT2D eigenvalue weighted by atomic mass is 10.1. The molecule has 4 aromatic rings. The van der Waals surface area contributed by atoms with E-state index in [-0.39, 0.29) is 11.5 Å². The van der Waals surface area contributed by atoms with Crippen LogP contribution >= 0.6 is 0 Å². The van der Waals surface area contributed by atoms with Gasteiger partial charge in [0.25, 0.3) is 5.56 Å². The van der Waals surface area contributed by atoms with E-state index in [9.17, 15) is 10.1 Å². The monoisotopic (exact) mass is 439 g/mol. The van der Waals surface area contributed by atoms with Gasteiger partial charge in [-0.05, 0) is 18.6 Å². The first-order chi connectivity index (χ1) is 16.2. The van der Waals surface area contributed by atoms with E-state index < -0.39 is 5.56 Å². The molecule has 0 aliphatic carbocycles. The Morgan fingerprint density at radius 3 is 2.79 bits per heavy atom. The van der Waals surface area contributed by atoms with E-state index in [0.29, 0.717) is 23.6 Å². The zero-order chi connectivity index (χ0) is 22.9. The van der Waals surface area contributed by atoms with Gasteiger partial charge in [0.2, 0.25) is 5.95 Å². The fourth-order valence-electron chi connectivity index (χ4n) is 3.16. The number of hydrogen-bond acceptors (Lipinski definition) is 7. The first kappa shape index (κ1) is 21.5. The van der Waals surface area contributed by atoms with Crippen LogP contribution in [0.25, 0.3) is 11.3 Å². The van der Waals surface area contributed by atoms with Crippen LogP contribution in [0.5, 0.6) is 5.75 Å². The maximum atomic E-state index is 12.3. The van der Waals surface area contributed by atoms with Crippen molar-refractivity contribution >= 4 is 12.2 Å². The fraction of sp³-hybridized carbons (Fsp3) is 0.125. The molecule has 2 aromatic carbocycles. The molecule has 0 spiro atoms. The van der Waals surface area contributed by atoms with E-state index in [0.717, 1.165) is 18.5 Å². The third kappa shape index (κ3) is 5.51. The summed E-state index contributed by atoms with van der Waals surface area (Å²) < 4.78 is 7.90. The Morgan fingerprint density at radius 2 is 2.00 bits per heavy atom. The zero-order valence-corrected chi connectivity index (χ0v) is 17.7. The normalized spacial score (nSPS) is 10.8. The molecule has 2 N–H and O–H groups in total. The van der Waals surface area contributed by atoms with Crippen LogP contribution in [0.3, 0.4) is 0 Å². The van der Waals surface area contributed by atoms with Gasteiger partial charge in [0.05, 0.1) is 24.8 Å². The lowest BCUT2D eigenvalue weighted by molar-refractivity contribution is 0.301. The molecule has 0 bridgehead atoms. The van der Waals surface area contributed by atoms with Gasteiger partial charge in [-0.3, -0.25) is 9.78 Å². The Hall–Kier alpha value is -4.71. The molecule has 9 nitrogen and oxygen atoms in total. The number of hydrogen-bond donors (Lipinski definition) is 2. The molecule has 164 valence electrons. The number of aryl methyl sites for hydroxylation is 1. The standard InChI is InChI=1S/C24H21N7O2/c25-15-20-22(18-7-2-1-3-8-18)28-24(29-23(20)32)30-27-16-19-9-4-5-10-21(19)33-14-6-12-31-13-11-26-17-31/h1-5,7-11,13,16-17H,6,12,14H2,(H2,28,29,30,32). The number of imidazole rings is 1. The number of aromatic nitrogens is 4. The maximum Gasteiger partial charge on any atom is 0.270 e. The Morgan fingerprint density at radius 1 is 1.18 bits per heavy atom. The first-order valence-electron chi connectivity index (χ1n) is 10.3. The van der Waals surface area contributed by atoms with E-state index in [1.54, 1.807) is 30.9 Å². The number of H-pyrrole nitrogens is 1. The second-order valence-electron chi connectivity index (χ2n) is 7.03. The van der Waals surface area contributed by atoms with Gasteiger partial charge in [0.15, 0.2) is 0 Å². The van der Waals surface area contributed by atoms with Crippen molar-refractivity contribution in [3.05, 3.63) is 94.8 Å². The summed E-state index contributed by atoms with van der Waals surface area (Å²) in [6, 6.07) is 18.5. The second-order valence-corrected chi connectivity index (χ2v) is 7.03. The average Bonchev–Trinajstić information content (AvgIpc) is 3.36. The number of para-hydroxylation sites is 1. The number of benzene rings is 2. The number of nitrogens with zero attached hydrogens (tertiary/aromatic N) is 5. The Kier molecular flexibility index (Phi) is 6.88. The molecule has 0 unspecified atom stereocenters. The van der Waals surface area contributed by atoms with E-state index in [4.69, 9.17) is 4.74 Å². The summed E-state index contributed by atoms with van der Waals surface area (Å²) in [5, 5.41) is 13.6. The topological polar surface area (TPSA) is 121 Å². The minimum absolute atomic E-state index is 0.0508. The highest BCUT2D eigenvalue weighted by atomic mass is 16.5. The van der Waals surface area contributed by atoms with Crippen molar-refractivity contribution in [1.29, 1.82) is 5.26 Å². The minimum Gasteiger partial charge on any atom is -0.493 e. The minimum atomic E-state index is -0.536. The smallest absolute Gasteiger partial charge is 0.270 e. The van der Waals surface area contributed by atoms with Crippen molar-refractivity contribution in [2.75, 3.05) is 12.0 Å². The third-order valence-corrected chi connectivity index (χ3v) is 4.75. The van der Waals surface area contributed by atoms with E-state index in [1.165, 1.54) is 0 Å². The summed E-state index contributed by atoms with van der Waals surface area (Å²) in [6.45, 7) is 1.36. The summed E-state index contributed by atoms with van der Waals surface area (Å²) in [7, 11) is 0. The van der Waals surface area contributed by atoms with Crippen LogP contribution in [0.2, 0.25) is 0 Å². The van der Waals surface area contributed by atoms with Gasteiger partial charge in [-0.2, -0.15) is 10.4 Å². The van der Waals surface area contributed by atoms with Crippen LogP contribution in [0.15, 0.2) is 83.2 Å². The van der Waals surface area contributed by atoms with E-state index in [2.05, 4.69) is 25.5 Å². The van der Waals surface area contributed by atoms with E-state index >= 15 is 0 Å². The van der Waals surface area contributed by atoms with Gasteiger partial charge in [0.1, 0.15) is 17.4 Å². The number of hydrazone groups is 1. The molecule has 0 saturated heterocycles. The summed E-state index contributed by atoms with van der Waals surface area (Å²) >= 11 is 0. The molecular formula is C24H21N7O2. The molecule has 0 aliphatic heterocycles. The van der Waals surface area contributed by atoms with Gasteiger partial charge in [-0.1, -0.05) is 42.5 Å². The number of rotatable bonds is 9. The summed E-state index contributed by atoms with van der Waals surface area (Å²) in [6.07, 6.45) is 7.86. The summed E-state index contributed by atoms with van der Waals surface area (Å²) in [5.41, 5.74) is 3.88. The van der Waals surface area contributed by atoms with Crippen molar-refractivity contribution in [2.45, 2.75) is 13.0 Å². The van der Waals surface area contributed by atoms with Crippen molar-refractivity contribution in [1.82, 2.24) is 19.5 Å². The molecule has 0 aliphatic rings. The molecule has 0 fully saturated rings.